The van der Waals surface area contributed by atoms with Crippen LogP contribution in [0, 0.1) is 0 Å². The first-order valence-electron chi connectivity index (χ1n) is 8.05. The molecule has 0 bridgehead atoms. The van der Waals surface area contributed by atoms with E-state index >= 15 is 0 Å². The van der Waals surface area contributed by atoms with Crippen molar-refractivity contribution in [1.82, 2.24) is 0 Å². The highest BCUT2D eigenvalue weighted by molar-refractivity contribution is 5.70. The van der Waals surface area contributed by atoms with Gasteiger partial charge in [0.15, 0.2) is 0 Å². The molecule has 0 unspecified atom stereocenters. The normalized spacial score (nSPS) is 10.2. The fourth-order valence-electron chi connectivity index (χ4n) is 2.29. The molecule has 0 amide bonds. The molecule has 4 nitrogen and oxygen atoms in total. The molecule has 0 heterocycles. The maximum atomic E-state index is 11.5. The molecule has 0 aliphatic carbocycles. The number of ether oxygens (including phenoxy) is 2. The van der Waals surface area contributed by atoms with Gasteiger partial charge in [-0.15, -0.1) is 0 Å². The number of hydrogen-bond acceptors (Lipinski definition) is 4. The Morgan fingerprint density at radius 2 is 1.38 bits per heavy atom. The second kappa shape index (κ2) is 8.87. The Hall–Kier alpha value is -2.62. The summed E-state index contributed by atoms with van der Waals surface area (Å²) in [5.74, 6) is -0.846. The molecule has 0 saturated carbocycles. The van der Waals surface area contributed by atoms with E-state index in [1.807, 2.05) is 12.1 Å². The molecule has 2 aromatic rings. The van der Waals surface area contributed by atoms with E-state index in [-0.39, 0.29) is 19.2 Å². The minimum Gasteiger partial charge on any atom is -0.428 e. The number of carbonyl (C=O) groups excluding carboxylic acids is 2. The third-order valence-electron chi connectivity index (χ3n) is 3.75. The van der Waals surface area contributed by atoms with Crippen LogP contribution in [0.2, 0.25) is 0 Å². The molecule has 4 heteroatoms. The van der Waals surface area contributed by atoms with Crippen molar-refractivity contribution in [3.63, 3.8) is 0 Å². The number of hydrogen-bond donors (Lipinski definition) is 0. The van der Waals surface area contributed by atoms with Crippen LogP contribution in [-0.4, -0.2) is 18.7 Å². The van der Waals surface area contributed by atoms with E-state index in [4.69, 9.17) is 4.74 Å². The molecular formula is C20H22O4. The van der Waals surface area contributed by atoms with Crippen LogP contribution in [0.4, 0.5) is 0 Å². The van der Waals surface area contributed by atoms with Crippen molar-refractivity contribution in [2.75, 3.05) is 6.79 Å². The molecule has 0 N–H and O–H groups in total. The topological polar surface area (TPSA) is 52.6 Å². The summed E-state index contributed by atoms with van der Waals surface area (Å²) in [5, 5.41) is 0. The molecule has 2 aromatic carbocycles. The highest BCUT2D eigenvalue weighted by atomic mass is 16.7. The van der Waals surface area contributed by atoms with Crippen molar-refractivity contribution >= 4 is 11.9 Å². The monoisotopic (exact) mass is 326 g/mol. The van der Waals surface area contributed by atoms with Crippen molar-refractivity contribution in [1.29, 1.82) is 0 Å². The largest absolute Gasteiger partial charge is 0.428 e. The summed E-state index contributed by atoms with van der Waals surface area (Å²) < 4.78 is 9.37. The molecule has 2 rings (SSSR count). The Morgan fingerprint density at radius 1 is 0.833 bits per heavy atom. The van der Waals surface area contributed by atoms with Gasteiger partial charge in [-0.1, -0.05) is 55.5 Å². The van der Waals surface area contributed by atoms with Crippen molar-refractivity contribution in [2.24, 2.45) is 0 Å². The van der Waals surface area contributed by atoms with E-state index in [1.165, 1.54) is 18.1 Å². The Kier molecular flexibility index (Phi) is 6.55. The standard InChI is InChI=1S/C20H22O4/c1-3-16-4-9-18(10-5-16)19-11-6-17(7-12-19)8-13-20(22)24-14-23-15(2)21/h4-7,9-12H,3,8,13-14H2,1-2H3. The van der Waals surface area contributed by atoms with Crippen molar-refractivity contribution < 1.29 is 19.1 Å². The Morgan fingerprint density at radius 3 is 1.88 bits per heavy atom. The number of benzene rings is 2. The molecule has 0 radical (unpaired) electrons. The highest BCUT2D eigenvalue weighted by Gasteiger charge is 2.05. The van der Waals surface area contributed by atoms with Crippen LogP contribution in [0.3, 0.4) is 0 Å². The van der Waals surface area contributed by atoms with E-state index in [9.17, 15) is 9.59 Å². The average molecular weight is 326 g/mol. The minimum atomic E-state index is -0.467. The zero-order valence-corrected chi connectivity index (χ0v) is 14.1. The van der Waals surface area contributed by atoms with Crippen molar-refractivity contribution in [2.45, 2.75) is 33.1 Å². The van der Waals surface area contributed by atoms with Gasteiger partial charge in [0.1, 0.15) is 0 Å². The van der Waals surface area contributed by atoms with Gasteiger partial charge in [-0.05, 0) is 35.1 Å². The van der Waals surface area contributed by atoms with Crippen molar-refractivity contribution in [3.8, 4) is 11.1 Å². The first kappa shape index (κ1) is 17.7. The lowest BCUT2D eigenvalue weighted by molar-refractivity contribution is -0.165. The minimum absolute atomic E-state index is 0.256. The molecule has 0 aliphatic rings. The molecular weight excluding hydrogens is 304 g/mol. The molecule has 0 saturated heterocycles. The summed E-state index contributed by atoms with van der Waals surface area (Å²) in [4.78, 5) is 22.1. The lowest BCUT2D eigenvalue weighted by Crippen LogP contribution is -2.11. The quantitative estimate of drug-likeness (QED) is 0.572. The molecule has 0 spiro atoms. The predicted molar refractivity (Wildman–Crippen MR) is 92.3 cm³/mol. The fourth-order valence-corrected chi connectivity index (χ4v) is 2.29. The van der Waals surface area contributed by atoms with Crippen LogP contribution in [0.5, 0.6) is 0 Å². The summed E-state index contributed by atoms with van der Waals surface area (Å²) in [5.41, 5.74) is 4.72. The van der Waals surface area contributed by atoms with Crippen LogP contribution >= 0.6 is 0 Å². The van der Waals surface area contributed by atoms with Gasteiger partial charge in [-0.25, -0.2) is 0 Å². The summed E-state index contributed by atoms with van der Waals surface area (Å²) in [6, 6.07) is 16.7. The summed E-state index contributed by atoms with van der Waals surface area (Å²) in [7, 11) is 0. The van der Waals surface area contributed by atoms with Gasteiger partial charge in [0.25, 0.3) is 0 Å². The van der Waals surface area contributed by atoms with E-state index in [2.05, 4.69) is 48.1 Å². The second-order valence-electron chi connectivity index (χ2n) is 5.52. The van der Waals surface area contributed by atoms with Gasteiger partial charge in [0.2, 0.25) is 6.79 Å². The number of carbonyl (C=O) groups is 2. The molecule has 126 valence electrons. The highest BCUT2D eigenvalue weighted by Crippen LogP contribution is 2.21. The van der Waals surface area contributed by atoms with E-state index in [1.54, 1.807) is 0 Å². The van der Waals surface area contributed by atoms with Gasteiger partial charge in [0.05, 0.1) is 0 Å². The van der Waals surface area contributed by atoms with Crippen LogP contribution in [0.1, 0.15) is 31.4 Å². The van der Waals surface area contributed by atoms with Gasteiger partial charge < -0.3 is 9.47 Å². The third-order valence-corrected chi connectivity index (χ3v) is 3.75. The van der Waals surface area contributed by atoms with E-state index < -0.39 is 5.97 Å². The van der Waals surface area contributed by atoms with E-state index in [0.717, 1.165) is 17.5 Å². The van der Waals surface area contributed by atoms with Gasteiger partial charge >= 0.3 is 11.9 Å². The Labute approximate surface area is 142 Å². The lowest BCUT2D eigenvalue weighted by Gasteiger charge is -2.06. The molecule has 0 aromatic heterocycles. The zero-order chi connectivity index (χ0) is 17.4. The SMILES string of the molecule is CCc1ccc(-c2ccc(CCC(=O)OCOC(C)=O)cc2)cc1. The Balaban J connectivity index is 1.85. The number of aryl methyl sites for hydroxylation is 2. The maximum absolute atomic E-state index is 11.5. The summed E-state index contributed by atoms with van der Waals surface area (Å²) in [6.07, 6.45) is 1.88. The molecule has 0 atom stereocenters. The fraction of sp³-hybridized carbons (Fsp3) is 0.300. The first-order valence-corrected chi connectivity index (χ1v) is 8.05. The Bertz CT molecular complexity index is 672. The predicted octanol–water partition coefficient (Wildman–Crippen LogP) is 3.91. The van der Waals surface area contributed by atoms with Gasteiger partial charge in [-0.3, -0.25) is 9.59 Å². The second-order valence-corrected chi connectivity index (χ2v) is 5.52. The average Bonchev–Trinajstić information content (AvgIpc) is 2.60. The molecule has 24 heavy (non-hydrogen) atoms. The van der Waals surface area contributed by atoms with Crippen LogP contribution in [0.25, 0.3) is 11.1 Å². The van der Waals surface area contributed by atoms with Crippen LogP contribution in [-0.2, 0) is 31.9 Å². The summed E-state index contributed by atoms with van der Waals surface area (Å²) in [6.45, 7) is 3.09. The van der Waals surface area contributed by atoms with Crippen LogP contribution in [0.15, 0.2) is 48.5 Å². The maximum Gasteiger partial charge on any atom is 0.308 e. The van der Waals surface area contributed by atoms with Gasteiger partial charge in [0, 0.05) is 13.3 Å². The molecule has 0 fully saturated rings. The zero-order valence-electron chi connectivity index (χ0n) is 14.1. The van der Waals surface area contributed by atoms with E-state index in [0.29, 0.717) is 6.42 Å². The lowest BCUT2D eigenvalue weighted by atomic mass is 10.0. The smallest absolute Gasteiger partial charge is 0.308 e. The van der Waals surface area contributed by atoms with Gasteiger partial charge in [-0.2, -0.15) is 0 Å². The number of esters is 2. The van der Waals surface area contributed by atoms with Crippen molar-refractivity contribution in [3.05, 3.63) is 59.7 Å². The first-order chi connectivity index (χ1) is 11.6. The third kappa shape index (κ3) is 5.54. The number of rotatable bonds is 7. The molecule has 0 aliphatic heterocycles. The van der Waals surface area contributed by atoms with Crippen LogP contribution < -0.4 is 0 Å². The summed E-state index contributed by atoms with van der Waals surface area (Å²) >= 11 is 0.